The number of aryl methyl sites for hydroxylation is 2. The Labute approximate surface area is 201 Å². The average molecular weight is 480 g/mol. The smallest absolute Gasteiger partial charge is 0.271 e. The van der Waals surface area contributed by atoms with Crippen molar-refractivity contribution < 1.29 is 22.7 Å². The highest BCUT2D eigenvalue weighted by Gasteiger charge is 2.29. The first-order valence-electron chi connectivity index (χ1n) is 11.0. The van der Waals surface area contributed by atoms with Crippen LogP contribution >= 0.6 is 0 Å². The lowest BCUT2D eigenvalue weighted by Gasteiger charge is -2.22. The third kappa shape index (κ3) is 5.66. The number of ether oxygens (including phenoxy) is 2. The van der Waals surface area contributed by atoms with Gasteiger partial charge in [0, 0.05) is 6.08 Å². The number of amides is 1. The molecule has 34 heavy (non-hydrogen) atoms. The van der Waals surface area contributed by atoms with E-state index in [0.29, 0.717) is 23.7 Å². The fraction of sp³-hybridized carbons (Fsp3) is 0.222. The van der Waals surface area contributed by atoms with E-state index in [1.165, 1.54) is 25.3 Å². The quantitative estimate of drug-likeness (QED) is 0.384. The molecule has 0 aliphatic carbocycles. The third-order valence-corrected chi connectivity index (χ3v) is 6.98. The maximum absolute atomic E-state index is 13.5. The molecule has 0 fully saturated rings. The Bertz CT molecular complexity index is 1260. The molecule has 0 aromatic heterocycles. The second kappa shape index (κ2) is 11.0. The van der Waals surface area contributed by atoms with Crippen LogP contribution in [0.25, 0.3) is 6.08 Å². The highest BCUT2D eigenvalue weighted by molar-refractivity contribution is 7.93. The summed E-state index contributed by atoms with van der Waals surface area (Å²) in [5.41, 5.74) is 2.91. The molecule has 3 aromatic rings. The Balaban J connectivity index is 2.00. The van der Waals surface area contributed by atoms with Crippen molar-refractivity contribution >= 4 is 27.7 Å². The van der Waals surface area contributed by atoms with E-state index in [2.05, 4.69) is 0 Å². The highest BCUT2D eigenvalue weighted by Crippen LogP contribution is 2.29. The number of benzene rings is 3. The molecule has 0 N–H and O–H groups in total. The molecule has 3 rings (SSSR count). The van der Waals surface area contributed by atoms with Crippen LogP contribution in [0.1, 0.15) is 30.5 Å². The SMILES string of the molecule is CCOc1ccc(/C=C/C(=O)N(c2ccc(CC)cc2)S(=O)(=O)c2ccc(C)cc2)cc1OC. The standard InChI is InChI=1S/C27H29NO5S/c1-5-21-9-13-23(14-10-21)28(34(30,31)24-15-7-20(3)8-16-24)27(29)18-12-22-11-17-25(33-6-2)26(19-22)32-4/h7-19H,5-6H2,1-4H3/b18-12+. The molecule has 0 saturated heterocycles. The van der Waals surface area contributed by atoms with Crippen molar-refractivity contribution in [3.05, 3.63) is 89.5 Å². The number of hydrogen-bond acceptors (Lipinski definition) is 5. The van der Waals surface area contributed by atoms with Gasteiger partial charge in [-0.25, -0.2) is 8.42 Å². The van der Waals surface area contributed by atoms with Gasteiger partial charge in [0.2, 0.25) is 0 Å². The van der Waals surface area contributed by atoms with Gasteiger partial charge in [0.05, 0.1) is 24.3 Å². The summed E-state index contributed by atoms with van der Waals surface area (Å²) in [6, 6.07) is 18.6. The van der Waals surface area contributed by atoms with Gasteiger partial charge in [0.25, 0.3) is 15.9 Å². The predicted octanol–water partition coefficient (Wildman–Crippen LogP) is 5.40. The van der Waals surface area contributed by atoms with Crippen LogP contribution in [0.5, 0.6) is 11.5 Å². The van der Waals surface area contributed by atoms with Crippen molar-refractivity contribution in [2.24, 2.45) is 0 Å². The van der Waals surface area contributed by atoms with Crippen molar-refractivity contribution in [3.63, 3.8) is 0 Å². The molecule has 0 atom stereocenters. The zero-order valence-electron chi connectivity index (χ0n) is 19.8. The molecule has 178 valence electrons. The van der Waals surface area contributed by atoms with Gasteiger partial charge < -0.3 is 9.47 Å². The predicted molar refractivity (Wildman–Crippen MR) is 135 cm³/mol. The summed E-state index contributed by atoms with van der Waals surface area (Å²) in [5, 5.41) is 0. The molecule has 0 radical (unpaired) electrons. The minimum atomic E-state index is -4.13. The molecule has 1 amide bonds. The van der Waals surface area contributed by atoms with Crippen LogP contribution in [0.3, 0.4) is 0 Å². The minimum Gasteiger partial charge on any atom is -0.493 e. The minimum absolute atomic E-state index is 0.0437. The third-order valence-electron chi connectivity index (χ3n) is 5.24. The number of anilines is 1. The molecule has 0 spiro atoms. The summed E-state index contributed by atoms with van der Waals surface area (Å²) < 4.78 is 38.7. The first kappa shape index (κ1) is 25.1. The van der Waals surface area contributed by atoms with Gasteiger partial charge >= 0.3 is 0 Å². The Morgan fingerprint density at radius 3 is 2.21 bits per heavy atom. The molecule has 0 heterocycles. The van der Waals surface area contributed by atoms with Gasteiger partial charge in [-0.3, -0.25) is 4.79 Å². The van der Waals surface area contributed by atoms with Crippen LogP contribution in [0.2, 0.25) is 0 Å². The fourth-order valence-corrected chi connectivity index (χ4v) is 4.75. The molecule has 0 aliphatic rings. The van der Waals surface area contributed by atoms with Crippen molar-refractivity contribution in [2.75, 3.05) is 18.0 Å². The summed E-state index contributed by atoms with van der Waals surface area (Å²) >= 11 is 0. The second-order valence-electron chi connectivity index (χ2n) is 7.62. The average Bonchev–Trinajstić information content (AvgIpc) is 2.84. The number of carbonyl (C=O) groups is 1. The zero-order chi connectivity index (χ0) is 24.7. The van der Waals surface area contributed by atoms with E-state index < -0.39 is 15.9 Å². The van der Waals surface area contributed by atoms with Gasteiger partial charge in [-0.2, -0.15) is 4.31 Å². The summed E-state index contributed by atoms with van der Waals surface area (Å²) in [5.74, 6) is 0.432. The van der Waals surface area contributed by atoms with Gasteiger partial charge in [-0.15, -0.1) is 0 Å². The monoisotopic (exact) mass is 479 g/mol. The first-order valence-corrected chi connectivity index (χ1v) is 12.5. The molecule has 3 aromatic carbocycles. The van der Waals surface area contributed by atoms with Crippen molar-refractivity contribution in [2.45, 2.75) is 32.1 Å². The summed E-state index contributed by atoms with van der Waals surface area (Å²) in [7, 11) is -2.60. The van der Waals surface area contributed by atoms with Gasteiger partial charge in [-0.1, -0.05) is 42.8 Å². The van der Waals surface area contributed by atoms with Crippen molar-refractivity contribution in [1.29, 1.82) is 0 Å². The van der Waals surface area contributed by atoms with Crippen LogP contribution < -0.4 is 13.8 Å². The Morgan fingerprint density at radius 1 is 0.941 bits per heavy atom. The summed E-state index contributed by atoms with van der Waals surface area (Å²) in [6.45, 7) is 6.25. The number of sulfonamides is 1. The van der Waals surface area contributed by atoms with Crippen LogP contribution in [0, 0.1) is 6.92 Å². The molecule has 0 saturated carbocycles. The summed E-state index contributed by atoms with van der Waals surface area (Å²) in [6.07, 6.45) is 3.60. The molecule has 0 bridgehead atoms. The molecular weight excluding hydrogens is 450 g/mol. The van der Waals surface area contributed by atoms with E-state index in [-0.39, 0.29) is 10.6 Å². The van der Waals surface area contributed by atoms with E-state index in [1.807, 2.05) is 32.9 Å². The normalized spacial score (nSPS) is 11.4. The van der Waals surface area contributed by atoms with Crippen molar-refractivity contribution in [1.82, 2.24) is 0 Å². The van der Waals surface area contributed by atoms with E-state index in [9.17, 15) is 13.2 Å². The summed E-state index contributed by atoms with van der Waals surface area (Å²) in [4.78, 5) is 13.3. The number of nitrogens with zero attached hydrogens (tertiary/aromatic N) is 1. The van der Waals surface area contributed by atoms with E-state index in [0.717, 1.165) is 21.9 Å². The molecule has 0 aliphatic heterocycles. The lowest BCUT2D eigenvalue weighted by atomic mass is 10.1. The molecule has 7 heteroatoms. The van der Waals surface area contributed by atoms with Crippen LogP contribution in [-0.4, -0.2) is 28.0 Å². The van der Waals surface area contributed by atoms with Crippen LogP contribution in [0.15, 0.2) is 77.7 Å². The van der Waals surface area contributed by atoms with E-state index in [1.54, 1.807) is 48.5 Å². The first-order chi connectivity index (χ1) is 16.3. The number of hydrogen-bond donors (Lipinski definition) is 0. The number of rotatable bonds is 9. The van der Waals surface area contributed by atoms with Gasteiger partial charge in [0.1, 0.15) is 0 Å². The fourth-order valence-electron chi connectivity index (χ4n) is 3.36. The van der Waals surface area contributed by atoms with Gasteiger partial charge in [0.15, 0.2) is 11.5 Å². The lowest BCUT2D eigenvalue weighted by molar-refractivity contribution is -0.113. The topological polar surface area (TPSA) is 72.9 Å². The maximum atomic E-state index is 13.5. The molecule has 0 unspecified atom stereocenters. The Hall–Kier alpha value is -3.58. The molecule has 6 nitrogen and oxygen atoms in total. The van der Waals surface area contributed by atoms with Crippen LogP contribution in [0.4, 0.5) is 5.69 Å². The van der Waals surface area contributed by atoms with E-state index in [4.69, 9.17) is 9.47 Å². The van der Waals surface area contributed by atoms with Crippen LogP contribution in [-0.2, 0) is 21.2 Å². The maximum Gasteiger partial charge on any atom is 0.271 e. The zero-order valence-corrected chi connectivity index (χ0v) is 20.6. The lowest BCUT2D eigenvalue weighted by Crippen LogP contribution is -2.35. The van der Waals surface area contributed by atoms with Crippen molar-refractivity contribution in [3.8, 4) is 11.5 Å². The number of methoxy groups -OCH3 is 1. The Kier molecular flexibility index (Phi) is 8.12. The Morgan fingerprint density at radius 2 is 1.62 bits per heavy atom. The largest absolute Gasteiger partial charge is 0.493 e. The van der Waals surface area contributed by atoms with Gasteiger partial charge in [-0.05, 0) is 73.9 Å². The highest BCUT2D eigenvalue weighted by atomic mass is 32.2. The number of carbonyl (C=O) groups excluding carboxylic acids is 1. The molecular formula is C27H29NO5S. The van der Waals surface area contributed by atoms with E-state index >= 15 is 0 Å². The second-order valence-corrected chi connectivity index (χ2v) is 9.40.